The first-order valence-corrected chi connectivity index (χ1v) is 6.18. The van der Waals surface area contributed by atoms with Gasteiger partial charge in [0.15, 0.2) is 0 Å². The van der Waals surface area contributed by atoms with Crippen molar-refractivity contribution in [2.24, 2.45) is 0 Å². The fraction of sp³-hybridized carbons (Fsp3) is 0.214. The van der Waals surface area contributed by atoms with Gasteiger partial charge in [-0.15, -0.1) is 0 Å². The Balaban J connectivity index is 1.86. The van der Waals surface area contributed by atoms with Crippen LogP contribution in [-0.4, -0.2) is 16.6 Å². The van der Waals surface area contributed by atoms with Crippen LogP contribution in [0.15, 0.2) is 48.7 Å². The molecule has 0 aliphatic carbocycles. The molecule has 0 saturated carbocycles. The Morgan fingerprint density at radius 1 is 1.17 bits per heavy atom. The number of nitrogens with one attached hydrogen (secondary N) is 1. The summed E-state index contributed by atoms with van der Waals surface area (Å²) in [6.07, 6.45) is 1.14. The van der Waals surface area contributed by atoms with Gasteiger partial charge in [0.25, 0.3) is 0 Å². The maximum atomic E-state index is 10.0. The van der Waals surface area contributed by atoms with Crippen molar-refractivity contribution in [2.75, 3.05) is 6.54 Å². The lowest BCUT2D eigenvalue weighted by atomic mass is 10.1. The van der Waals surface area contributed by atoms with Gasteiger partial charge in [0.1, 0.15) is 0 Å². The molecule has 1 heterocycles. The van der Waals surface area contributed by atoms with Gasteiger partial charge in [0.05, 0.1) is 11.8 Å². The van der Waals surface area contributed by atoms with Crippen LogP contribution in [0.4, 0.5) is 0 Å². The van der Waals surface area contributed by atoms with Crippen LogP contribution >= 0.6 is 11.6 Å². The zero-order valence-electron chi connectivity index (χ0n) is 9.88. The van der Waals surface area contributed by atoms with E-state index in [1.54, 1.807) is 12.3 Å². The molecular weight excluding hydrogens is 248 g/mol. The van der Waals surface area contributed by atoms with Crippen LogP contribution in [0.25, 0.3) is 0 Å². The summed E-state index contributed by atoms with van der Waals surface area (Å²) in [7, 11) is 0. The molecule has 0 fully saturated rings. The number of aliphatic hydroxyl groups is 1. The summed E-state index contributed by atoms with van der Waals surface area (Å²) in [5.41, 5.74) is 1.69. The second-order valence-electron chi connectivity index (χ2n) is 3.99. The third-order valence-electron chi connectivity index (χ3n) is 2.63. The highest BCUT2D eigenvalue weighted by Crippen LogP contribution is 2.21. The van der Waals surface area contributed by atoms with Crippen LogP contribution in [0.5, 0.6) is 0 Å². The quantitative estimate of drug-likeness (QED) is 0.871. The number of rotatable bonds is 5. The Hall–Kier alpha value is -1.42. The van der Waals surface area contributed by atoms with Crippen molar-refractivity contribution < 1.29 is 5.11 Å². The van der Waals surface area contributed by atoms with Crippen LogP contribution in [0.3, 0.4) is 0 Å². The Labute approximate surface area is 111 Å². The molecule has 1 unspecified atom stereocenters. The minimum Gasteiger partial charge on any atom is -0.387 e. The molecule has 2 N–H and O–H groups in total. The zero-order chi connectivity index (χ0) is 12.8. The molecule has 0 spiro atoms. The van der Waals surface area contributed by atoms with Crippen molar-refractivity contribution in [1.29, 1.82) is 0 Å². The van der Waals surface area contributed by atoms with Crippen LogP contribution in [0.1, 0.15) is 17.4 Å². The van der Waals surface area contributed by atoms with Gasteiger partial charge < -0.3 is 10.4 Å². The molecule has 4 heteroatoms. The summed E-state index contributed by atoms with van der Waals surface area (Å²) in [6.45, 7) is 1.07. The summed E-state index contributed by atoms with van der Waals surface area (Å²) in [4.78, 5) is 4.20. The van der Waals surface area contributed by atoms with Crippen molar-refractivity contribution in [3.05, 3.63) is 64.9 Å². The largest absolute Gasteiger partial charge is 0.387 e. The van der Waals surface area contributed by atoms with E-state index in [1.807, 2.05) is 36.4 Å². The van der Waals surface area contributed by atoms with E-state index in [1.165, 1.54) is 0 Å². The van der Waals surface area contributed by atoms with Gasteiger partial charge >= 0.3 is 0 Å². The molecule has 3 nitrogen and oxygen atoms in total. The van der Waals surface area contributed by atoms with E-state index in [9.17, 15) is 5.11 Å². The minimum absolute atomic E-state index is 0.445. The molecule has 1 aromatic heterocycles. The Bertz CT molecular complexity index is 490. The van der Waals surface area contributed by atoms with Crippen molar-refractivity contribution in [3.8, 4) is 0 Å². The van der Waals surface area contributed by atoms with E-state index in [0.29, 0.717) is 18.1 Å². The predicted molar refractivity (Wildman–Crippen MR) is 72.4 cm³/mol. The number of hydrogen-bond acceptors (Lipinski definition) is 3. The van der Waals surface area contributed by atoms with Crippen LogP contribution < -0.4 is 5.32 Å². The molecule has 0 saturated heterocycles. The lowest BCUT2D eigenvalue weighted by Gasteiger charge is -2.13. The number of nitrogens with zero attached hydrogens (tertiary/aromatic N) is 1. The highest BCUT2D eigenvalue weighted by molar-refractivity contribution is 6.31. The lowest BCUT2D eigenvalue weighted by molar-refractivity contribution is 0.174. The molecule has 18 heavy (non-hydrogen) atoms. The SMILES string of the molecule is OC(CNCc1ccccn1)c1ccccc1Cl. The Morgan fingerprint density at radius 3 is 2.67 bits per heavy atom. The van der Waals surface area contributed by atoms with Crippen LogP contribution in [0.2, 0.25) is 5.02 Å². The van der Waals surface area contributed by atoms with E-state index >= 15 is 0 Å². The summed E-state index contributed by atoms with van der Waals surface area (Å²) < 4.78 is 0. The van der Waals surface area contributed by atoms with Crippen molar-refractivity contribution >= 4 is 11.6 Å². The van der Waals surface area contributed by atoms with Gasteiger partial charge in [-0.25, -0.2) is 0 Å². The molecule has 2 rings (SSSR count). The van der Waals surface area contributed by atoms with Gasteiger partial charge in [-0.3, -0.25) is 4.98 Å². The predicted octanol–water partition coefficient (Wildman–Crippen LogP) is 2.56. The Morgan fingerprint density at radius 2 is 1.94 bits per heavy atom. The number of hydrogen-bond donors (Lipinski definition) is 2. The van der Waals surface area contributed by atoms with Gasteiger partial charge in [0, 0.05) is 29.9 Å². The second-order valence-corrected chi connectivity index (χ2v) is 4.40. The van der Waals surface area contributed by atoms with Gasteiger partial charge in [-0.2, -0.15) is 0 Å². The number of halogens is 1. The smallest absolute Gasteiger partial charge is 0.0928 e. The molecule has 0 aliphatic heterocycles. The summed E-state index contributed by atoms with van der Waals surface area (Å²) in [6, 6.07) is 13.1. The van der Waals surface area contributed by atoms with Gasteiger partial charge in [-0.1, -0.05) is 35.9 Å². The Kier molecular flexibility index (Phi) is 4.70. The molecule has 0 aliphatic rings. The fourth-order valence-electron chi connectivity index (χ4n) is 1.69. The third kappa shape index (κ3) is 3.53. The fourth-order valence-corrected chi connectivity index (χ4v) is 1.96. The number of aromatic nitrogens is 1. The van der Waals surface area contributed by atoms with E-state index < -0.39 is 6.10 Å². The molecule has 0 amide bonds. The summed E-state index contributed by atoms with van der Waals surface area (Å²) >= 11 is 6.01. The van der Waals surface area contributed by atoms with Crippen molar-refractivity contribution in [2.45, 2.75) is 12.6 Å². The van der Waals surface area contributed by atoms with Crippen molar-refractivity contribution in [3.63, 3.8) is 0 Å². The average Bonchev–Trinajstić information content (AvgIpc) is 2.40. The summed E-state index contributed by atoms with van der Waals surface area (Å²) in [5, 5.41) is 13.8. The van der Waals surface area contributed by atoms with E-state index in [-0.39, 0.29) is 0 Å². The van der Waals surface area contributed by atoms with Gasteiger partial charge in [-0.05, 0) is 18.2 Å². The first-order chi connectivity index (χ1) is 8.77. The number of aliphatic hydroxyl groups excluding tert-OH is 1. The zero-order valence-corrected chi connectivity index (χ0v) is 10.6. The van der Waals surface area contributed by atoms with Crippen LogP contribution in [-0.2, 0) is 6.54 Å². The highest BCUT2D eigenvalue weighted by atomic mass is 35.5. The molecule has 0 radical (unpaired) electrons. The van der Waals surface area contributed by atoms with Gasteiger partial charge in [0.2, 0.25) is 0 Å². The molecule has 94 valence electrons. The summed E-state index contributed by atoms with van der Waals surface area (Å²) in [5.74, 6) is 0. The van der Waals surface area contributed by atoms with E-state index in [2.05, 4.69) is 10.3 Å². The van der Waals surface area contributed by atoms with Crippen LogP contribution in [0, 0.1) is 0 Å². The highest BCUT2D eigenvalue weighted by Gasteiger charge is 2.10. The minimum atomic E-state index is -0.609. The first-order valence-electron chi connectivity index (χ1n) is 5.80. The molecular formula is C14H15ClN2O. The van der Waals surface area contributed by atoms with E-state index in [0.717, 1.165) is 11.3 Å². The molecule has 2 aromatic rings. The molecule has 1 atom stereocenters. The second kappa shape index (κ2) is 6.50. The monoisotopic (exact) mass is 262 g/mol. The maximum absolute atomic E-state index is 10.0. The van der Waals surface area contributed by atoms with E-state index in [4.69, 9.17) is 11.6 Å². The lowest BCUT2D eigenvalue weighted by Crippen LogP contribution is -2.21. The normalized spacial score (nSPS) is 12.3. The number of benzene rings is 1. The molecule has 1 aromatic carbocycles. The van der Waals surface area contributed by atoms with Crippen molar-refractivity contribution in [1.82, 2.24) is 10.3 Å². The maximum Gasteiger partial charge on any atom is 0.0928 e. The standard InChI is InChI=1S/C14H15ClN2O/c15-13-7-2-1-6-12(13)14(18)10-16-9-11-5-3-4-8-17-11/h1-8,14,16,18H,9-10H2. The third-order valence-corrected chi connectivity index (χ3v) is 2.98. The molecule has 0 bridgehead atoms. The topological polar surface area (TPSA) is 45.1 Å². The average molecular weight is 263 g/mol. The first kappa shape index (κ1) is 13.0. The number of pyridine rings is 1.